The average Bonchev–Trinajstić information content (AvgIpc) is 3.77. The third-order valence-corrected chi connectivity index (χ3v) is 13.5. The minimum atomic E-state index is -1.44. The van der Waals surface area contributed by atoms with Crippen LogP contribution in [0.1, 0.15) is 102 Å². The van der Waals surface area contributed by atoms with E-state index in [0.29, 0.717) is 16.1 Å². The Morgan fingerprint density at radius 2 is 1.42 bits per heavy atom. The molecular formula is C51H72Cl2N14O9. The van der Waals surface area contributed by atoms with Gasteiger partial charge in [-0.25, -0.2) is 0 Å². The second-order valence-electron chi connectivity index (χ2n) is 18.9. The minimum absolute atomic E-state index is 0.0193. The Morgan fingerprint density at radius 3 is 2.09 bits per heavy atom. The fourth-order valence-corrected chi connectivity index (χ4v) is 9.39. The van der Waals surface area contributed by atoms with E-state index in [4.69, 9.17) is 57.6 Å². The number of nitrogens with zero attached hydrogens (tertiary/aromatic N) is 2. The molecule has 0 spiro atoms. The van der Waals surface area contributed by atoms with Crippen molar-refractivity contribution in [2.45, 2.75) is 133 Å². The number of nitrogens with two attached hydrogens (primary N) is 6. The van der Waals surface area contributed by atoms with Crippen molar-refractivity contribution in [2.24, 2.45) is 56.2 Å². The highest BCUT2D eigenvalue weighted by Crippen LogP contribution is 2.28. The van der Waals surface area contributed by atoms with E-state index >= 15 is 0 Å². The number of halogens is 2. The van der Waals surface area contributed by atoms with Gasteiger partial charge >= 0.3 is 0 Å². The lowest BCUT2D eigenvalue weighted by molar-refractivity contribution is -0.135. The molecule has 4 rings (SSSR count). The van der Waals surface area contributed by atoms with E-state index in [1.807, 2.05) is 24.3 Å². The van der Waals surface area contributed by atoms with Gasteiger partial charge in [-0.15, -0.1) is 0 Å². The maximum Gasteiger partial charge on any atom is 0.243 e. The predicted molar refractivity (Wildman–Crippen MR) is 289 cm³/mol. The van der Waals surface area contributed by atoms with Crippen molar-refractivity contribution in [3.05, 3.63) is 69.8 Å². The smallest absolute Gasteiger partial charge is 0.243 e. The summed E-state index contributed by atoms with van der Waals surface area (Å²) in [4.78, 5) is 136. The van der Waals surface area contributed by atoms with Gasteiger partial charge in [0.15, 0.2) is 17.7 Å². The second-order valence-corrected chi connectivity index (χ2v) is 19.8. The molecule has 18 N–H and O–H groups in total. The van der Waals surface area contributed by atoms with Crippen LogP contribution in [0.4, 0.5) is 0 Å². The molecule has 0 aliphatic carbocycles. The van der Waals surface area contributed by atoms with Crippen molar-refractivity contribution < 1.29 is 43.2 Å². The van der Waals surface area contributed by atoms with Crippen LogP contribution in [0.2, 0.25) is 10.0 Å². The Hall–Kier alpha value is -7.11. The van der Waals surface area contributed by atoms with Crippen LogP contribution >= 0.6 is 23.2 Å². The summed E-state index contributed by atoms with van der Waals surface area (Å²) in [5, 5.41) is 14.6. The molecule has 1 aliphatic heterocycles. The third kappa shape index (κ3) is 20.5. The lowest BCUT2D eigenvalue weighted by Gasteiger charge is -2.27. The van der Waals surface area contributed by atoms with Crippen molar-refractivity contribution >= 4 is 98.8 Å². The van der Waals surface area contributed by atoms with Crippen LogP contribution in [-0.2, 0) is 56.0 Å². The van der Waals surface area contributed by atoms with Gasteiger partial charge in [-0.05, 0) is 93.7 Å². The Labute approximate surface area is 451 Å². The quantitative estimate of drug-likeness (QED) is 0.0475. The molecule has 0 saturated carbocycles. The molecule has 1 aromatic heterocycles. The molecule has 2 heterocycles. The fraction of sp³-hybridized carbons (Fsp3) is 0.510. The van der Waals surface area contributed by atoms with Gasteiger partial charge in [-0.3, -0.25) is 53.1 Å². The molecule has 25 heteroatoms. The topological polar surface area (TPSA) is 410 Å². The van der Waals surface area contributed by atoms with E-state index in [9.17, 15) is 43.2 Å². The molecule has 6 amide bonds. The summed E-state index contributed by atoms with van der Waals surface area (Å²) < 4.78 is 0. The zero-order valence-corrected chi connectivity index (χ0v) is 44.2. The first-order valence-electron chi connectivity index (χ1n) is 25.3. The number of fused-ring (bicyclic) bond motifs is 1. The first kappa shape index (κ1) is 61.4. The van der Waals surface area contributed by atoms with E-state index in [-0.39, 0.29) is 132 Å². The first-order valence-corrected chi connectivity index (χ1v) is 26.1. The van der Waals surface area contributed by atoms with Crippen LogP contribution in [-0.4, -0.2) is 120 Å². The van der Waals surface area contributed by atoms with Gasteiger partial charge in [0, 0.05) is 91.1 Å². The molecule has 0 unspecified atom stereocenters. The maximum atomic E-state index is 14.8. The van der Waals surface area contributed by atoms with Crippen molar-refractivity contribution in [3.63, 3.8) is 0 Å². The summed E-state index contributed by atoms with van der Waals surface area (Å²) in [5.41, 5.74) is 35.8. The molecular weight excluding hydrogens is 1020 g/mol. The lowest BCUT2D eigenvalue weighted by Crippen LogP contribution is -2.58. The van der Waals surface area contributed by atoms with Crippen molar-refractivity contribution in [2.75, 3.05) is 19.6 Å². The Kier molecular flexibility index (Phi) is 25.1. The molecule has 0 radical (unpaired) electrons. The number of ketones is 3. The number of carbonyl (C=O) groups excluding carboxylic acids is 9. The fourth-order valence-electron chi connectivity index (χ4n) is 8.91. The van der Waals surface area contributed by atoms with Gasteiger partial charge in [-0.2, -0.15) is 0 Å². The van der Waals surface area contributed by atoms with Crippen LogP contribution in [0.15, 0.2) is 58.6 Å². The van der Waals surface area contributed by atoms with Crippen LogP contribution < -0.4 is 61.0 Å². The Bertz CT molecular complexity index is 2600. The number of para-hydroxylation sites is 1. The van der Waals surface area contributed by atoms with Crippen molar-refractivity contribution in [1.29, 1.82) is 0 Å². The number of guanidine groups is 2. The number of nitrogens with one attached hydrogen (secondary N) is 6. The lowest BCUT2D eigenvalue weighted by atomic mass is 9.83. The largest absolute Gasteiger partial charge is 0.370 e. The zero-order valence-electron chi connectivity index (χ0n) is 42.7. The van der Waals surface area contributed by atoms with Gasteiger partial charge in [0.05, 0.1) is 6.04 Å². The van der Waals surface area contributed by atoms with Crippen LogP contribution in [0.3, 0.4) is 0 Å². The monoisotopic (exact) mass is 1090 g/mol. The molecule has 1 fully saturated rings. The summed E-state index contributed by atoms with van der Waals surface area (Å²) in [5.74, 6) is -8.43. The predicted octanol–water partition coefficient (Wildman–Crippen LogP) is 0.719. The highest BCUT2D eigenvalue weighted by molar-refractivity contribution is 6.35. The number of Topliss-reactive ketones (excluding diaryl/α,β-unsaturated/α-hetero) is 3. The number of primary amides is 1. The van der Waals surface area contributed by atoms with Crippen LogP contribution in [0, 0.1) is 11.8 Å². The molecule has 0 bridgehead atoms. The van der Waals surface area contributed by atoms with E-state index in [1.54, 1.807) is 18.3 Å². The van der Waals surface area contributed by atoms with Gasteiger partial charge in [0.25, 0.3) is 0 Å². The standard InChI is InChI=1S/C51H72Cl2N14O9/c1-28(68)63-39(13-7-21-61-51(58)59)47(74)65-40-17-16-34(69)9-2-4-12-38(45(55)72)64-46(73)31(22-32-27-62-37-11-5-3-10-35(32)37)25-43(70)30(8-6-20-60-50(56)57)24-44(71)42(23-29-14-15-33(52)26-36(29)53)67-49(76)41(18-19-54)66-48(40)75/h3,5,10-11,14-15,26-27,30-31,38-42,62H,2,4,6-9,12-13,16-25,54H2,1H3,(H2,55,72)(H,63,68)(H,64,73)(H,65,74)(H,66,75)(H,67,76)(H4,56,57,60)(H4,58,59,61)/t30-,31-,38+,39+,40+,41+,42-/m1/s1. The number of rotatable bonds is 18. The van der Waals surface area contributed by atoms with Gasteiger partial charge in [-0.1, -0.05) is 53.9 Å². The minimum Gasteiger partial charge on any atom is -0.370 e. The molecule has 2 aromatic carbocycles. The summed E-state index contributed by atoms with van der Waals surface area (Å²) >= 11 is 12.8. The summed E-state index contributed by atoms with van der Waals surface area (Å²) in [6.07, 6.45) is 1.27. The number of aromatic nitrogens is 1. The number of H-pyrrole nitrogens is 1. The van der Waals surface area contributed by atoms with Crippen LogP contribution in [0.25, 0.3) is 10.9 Å². The maximum absolute atomic E-state index is 14.8. The van der Waals surface area contributed by atoms with E-state index in [0.717, 1.165) is 10.9 Å². The van der Waals surface area contributed by atoms with Gasteiger partial charge in [0.1, 0.15) is 35.7 Å². The highest BCUT2D eigenvalue weighted by Gasteiger charge is 2.35. The molecule has 1 saturated heterocycles. The summed E-state index contributed by atoms with van der Waals surface area (Å²) in [7, 11) is 0. The van der Waals surface area contributed by atoms with E-state index < -0.39 is 95.5 Å². The Morgan fingerprint density at radius 1 is 0.737 bits per heavy atom. The molecule has 23 nitrogen and oxygen atoms in total. The molecule has 7 atom stereocenters. The number of aromatic amines is 1. The van der Waals surface area contributed by atoms with E-state index in [1.165, 1.54) is 13.0 Å². The summed E-state index contributed by atoms with van der Waals surface area (Å²) in [6.45, 7) is 1.30. The average molecular weight is 1100 g/mol. The Balaban J connectivity index is 1.79. The molecule has 3 aromatic rings. The number of benzene rings is 2. The normalized spacial score (nSPS) is 21.3. The number of hydrogen-bond acceptors (Lipinski definition) is 12. The number of amides is 6. The number of carbonyl (C=O) groups is 9. The van der Waals surface area contributed by atoms with Gasteiger partial charge in [0.2, 0.25) is 35.4 Å². The van der Waals surface area contributed by atoms with Crippen LogP contribution in [0.5, 0.6) is 0 Å². The molecule has 414 valence electrons. The van der Waals surface area contributed by atoms with Crippen molar-refractivity contribution in [3.8, 4) is 0 Å². The second kappa shape index (κ2) is 31.1. The zero-order chi connectivity index (χ0) is 55.9. The third-order valence-electron chi connectivity index (χ3n) is 12.9. The van der Waals surface area contributed by atoms with E-state index in [2.05, 4.69) is 41.6 Å². The van der Waals surface area contributed by atoms with Crippen molar-refractivity contribution in [1.82, 2.24) is 31.6 Å². The molecule has 76 heavy (non-hydrogen) atoms. The first-order chi connectivity index (χ1) is 36.1. The number of hydrogen-bond donors (Lipinski definition) is 12. The highest BCUT2D eigenvalue weighted by atomic mass is 35.5. The number of aliphatic imine (C=N–C) groups is 2. The SMILES string of the molecule is CC(=O)N[C@@H](CCCN=C(N)N)C(=O)N[C@H]1CCC(=O)CCCC[C@@H](C(N)=O)NC(=O)[C@H](Cc2c[nH]c3ccccc23)CC(=O)[C@H](CCCN=C(N)N)CC(=O)[C@@H](Cc2ccc(Cl)cc2Cl)NC(=O)[C@H](CCN)NC1=O. The summed E-state index contributed by atoms with van der Waals surface area (Å²) in [6, 6.07) is 5.39. The molecule has 1 aliphatic rings. The van der Waals surface area contributed by atoms with Gasteiger partial charge < -0.3 is 66.0 Å².